The maximum absolute atomic E-state index is 12.0. The van der Waals surface area contributed by atoms with Crippen molar-refractivity contribution < 1.29 is 17.4 Å². The molecular formula is C12H11ClN2O4S2. The lowest BCUT2D eigenvalue weighted by molar-refractivity contribution is 0.102. The quantitative estimate of drug-likeness (QED) is 0.841. The SMILES string of the molecule is CCS(=O)(=O)Oc1cccc(C(=O)Nc2ncc(Cl)s2)c1. The topological polar surface area (TPSA) is 85.4 Å². The van der Waals surface area contributed by atoms with E-state index >= 15 is 0 Å². The number of carbonyl (C=O) groups excluding carboxylic acids is 1. The van der Waals surface area contributed by atoms with Gasteiger partial charge in [0.05, 0.1) is 11.9 Å². The van der Waals surface area contributed by atoms with E-state index in [-0.39, 0.29) is 17.1 Å². The molecule has 0 saturated carbocycles. The molecule has 0 bridgehead atoms. The molecule has 0 fully saturated rings. The van der Waals surface area contributed by atoms with Crippen molar-refractivity contribution in [2.45, 2.75) is 6.92 Å². The normalized spacial score (nSPS) is 11.1. The van der Waals surface area contributed by atoms with Gasteiger partial charge in [0.15, 0.2) is 5.13 Å². The molecule has 1 aromatic heterocycles. The summed E-state index contributed by atoms with van der Waals surface area (Å²) in [5.74, 6) is -0.497. The van der Waals surface area contributed by atoms with Gasteiger partial charge in [0.1, 0.15) is 10.1 Å². The Labute approximate surface area is 130 Å². The smallest absolute Gasteiger partial charge is 0.308 e. The van der Waals surface area contributed by atoms with Gasteiger partial charge in [0.2, 0.25) is 0 Å². The van der Waals surface area contributed by atoms with E-state index in [1.807, 2.05) is 0 Å². The van der Waals surface area contributed by atoms with Crippen molar-refractivity contribution in [1.82, 2.24) is 4.98 Å². The van der Waals surface area contributed by atoms with Crippen molar-refractivity contribution in [2.75, 3.05) is 11.1 Å². The molecule has 21 heavy (non-hydrogen) atoms. The summed E-state index contributed by atoms with van der Waals surface area (Å²) in [4.78, 5) is 15.9. The van der Waals surface area contributed by atoms with Crippen LogP contribution in [0.2, 0.25) is 4.34 Å². The zero-order chi connectivity index (χ0) is 15.5. The molecular weight excluding hydrogens is 336 g/mol. The number of carbonyl (C=O) groups is 1. The van der Waals surface area contributed by atoms with Gasteiger partial charge in [-0.25, -0.2) is 4.98 Å². The molecule has 6 nitrogen and oxygen atoms in total. The maximum Gasteiger partial charge on any atom is 0.308 e. The number of thiazole rings is 1. The average molecular weight is 347 g/mol. The Kier molecular flexibility index (Phi) is 4.81. The third kappa shape index (κ3) is 4.42. The minimum absolute atomic E-state index is 0.0849. The average Bonchev–Trinajstić information content (AvgIpc) is 2.84. The lowest BCUT2D eigenvalue weighted by atomic mass is 10.2. The second-order valence-electron chi connectivity index (χ2n) is 3.88. The number of amides is 1. The standard InChI is InChI=1S/C12H11ClN2O4S2/c1-2-21(17,18)19-9-5-3-4-8(6-9)11(16)15-12-14-7-10(13)20-12/h3-7H,2H2,1H3,(H,14,15,16). The summed E-state index contributed by atoms with van der Waals surface area (Å²) in [5, 5.41) is 2.92. The number of rotatable bonds is 5. The highest BCUT2D eigenvalue weighted by Gasteiger charge is 2.13. The predicted molar refractivity (Wildman–Crippen MR) is 81.6 cm³/mol. The lowest BCUT2D eigenvalue weighted by Gasteiger charge is -2.06. The molecule has 0 atom stereocenters. The lowest BCUT2D eigenvalue weighted by Crippen LogP contribution is -2.14. The van der Waals surface area contributed by atoms with Crippen LogP contribution in [-0.2, 0) is 10.1 Å². The number of anilines is 1. The Hall–Kier alpha value is -1.64. The van der Waals surface area contributed by atoms with E-state index in [4.69, 9.17) is 15.8 Å². The highest BCUT2D eigenvalue weighted by Crippen LogP contribution is 2.23. The van der Waals surface area contributed by atoms with Gasteiger partial charge in [-0.1, -0.05) is 29.0 Å². The summed E-state index contributed by atoms with van der Waals surface area (Å²) in [5.41, 5.74) is 0.255. The van der Waals surface area contributed by atoms with Gasteiger partial charge in [-0.2, -0.15) is 8.42 Å². The van der Waals surface area contributed by atoms with Crippen molar-refractivity contribution in [3.8, 4) is 5.75 Å². The first-order valence-electron chi connectivity index (χ1n) is 5.84. The van der Waals surface area contributed by atoms with Crippen LogP contribution in [0.3, 0.4) is 0 Å². The monoisotopic (exact) mass is 346 g/mol. The van der Waals surface area contributed by atoms with Crippen molar-refractivity contribution in [3.05, 3.63) is 40.4 Å². The van der Waals surface area contributed by atoms with Crippen LogP contribution in [-0.4, -0.2) is 25.1 Å². The third-order valence-electron chi connectivity index (χ3n) is 2.37. The summed E-state index contributed by atoms with van der Waals surface area (Å²) >= 11 is 6.85. The van der Waals surface area contributed by atoms with E-state index in [0.717, 1.165) is 11.3 Å². The van der Waals surface area contributed by atoms with Gasteiger partial charge < -0.3 is 4.18 Å². The van der Waals surface area contributed by atoms with Crippen LogP contribution < -0.4 is 9.50 Å². The van der Waals surface area contributed by atoms with Gasteiger partial charge in [-0.15, -0.1) is 0 Å². The molecule has 0 aliphatic carbocycles. The second kappa shape index (κ2) is 6.42. The molecule has 0 unspecified atom stereocenters. The summed E-state index contributed by atoms with van der Waals surface area (Å²) < 4.78 is 28.1. The number of benzene rings is 1. The number of hydrogen-bond donors (Lipinski definition) is 1. The Morgan fingerprint density at radius 1 is 1.48 bits per heavy atom. The fourth-order valence-electron chi connectivity index (χ4n) is 1.38. The van der Waals surface area contributed by atoms with Crippen molar-refractivity contribution in [2.24, 2.45) is 0 Å². The van der Waals surface area contributed by atoms with Crippen LogP contribution in [0.4, 0.5) is 5.13 Å². The molecule has 1 N–H and O–H groups in total. The van der Waals surface area contributed by atoms with Crippen molar-refractivity contribution >= 4 is 44.1 Å². The zero-order valence-corrected chi connectivity index (χ0v) is 13.3. The number of nitrogens with zero attached hydrogens (tertiary/aromatic N) is 1. The van der Waals surface area contributed by atoms with E-state index in [1.165, 1.54) is 37.4 Å². The minimum atomic E-state index is -3.63. The van der Waals surface area contributed by atoms with Crippen LogP contribution in [0.15, 0.2) is 30.5 Å². The zero-order valence-electron chi connectivity index (χ0n) is 10.9. The Morgan fingerprint density at radius 3 is 2.86 bits per heavy atom. The number of hydrogen-bond acceptors (Lipinski definition) is 6. The molecule has 1 aromatic carbocycles. The number of nitrogens with one attached hydrogen (secondary N) is 1. The fraction of sp³-hybridized carbons (Fsp3) is 0.167. The molecule has 0 saturated heterocycles. The van der Waals surface area contributed by atoms with E-state index in [1.54, 1.807) is 0 Å². The highest BCUT2D eigenvalue weighted by molar-refractivity contribution is 7.87. The summed E-state index contributed by atoms with van der Waals surface area (Å²) in [7, 11) is -3.63. The van der Waals surface area contributed by atoms with E-state index in [9.17, 15) is 13.2 Å². The molecule has 2 aromatic rings. The highest BCUT2D eigenvalue weighted by atomic mass is 35.5. The summed E-state index contributed by atoms with van der Waals surface area (Å²) in [6.07, 6.45) is 1.43. The Bertz CT molecular complexity index is 758. The molecule has 0 radical (unpaired) electrons. The van der Waals surface area contributed by atoms with Gasteiger partial charge >= 0.3 is 10.1 Å². The molecule has 0 spiro atoms. The van der Waals surface area contributed by atoms with Gasteiger partial charge in [0.25, 0.3) is 5.91 Å². The molecule has 1 amide bonds. The first-order valence-corrected chi connectivity index (χ1v) is 8.61. The van der Waals surface area contributed by atoms with E-state index in [0.29, 0.717) is 9.47 Å². The first kappa shape index (κ1) is 15.7. The Balaban J connectivity index is 2.15. The Morgan fingerprint density at radius 2 is 2.24 bits per heavy atom. The predicted octanol–water partition coefficient (Wildman–Crippen LogP) is 2.78. The molecule has 0 aliphatic heterocycles. The number of aromatic nitrogens is 1. The van der Waals surface area contributed by atoms with Crippen LogP contribution in [0.25, 0.3) is 0 Å². The van der Waals surface area contributed by atoms with E-state index < -0.39 is 16.0 Å². The molecule has 0 aliphatic rings. The minimum Gasteiger partial charge on any atom is -0.382 e. The van der Waals surface area contributed by atoms with Crippen molar-refractivity contribution in [1.29, 1.82) is 0 Å². The first-order chi connectivity index (χ1) is 9.89. The molecule has 2 rings (SSSR count). The van der Waals surface area contributed by atoms with Gasteiger partial charge in [-0.3, -0.25) is 10.1 Å². The largest absolute Gasteiger partial charge is 0.382 e. The summed E-state index contributed by atoms with van der Waals surface area (Å²) in [6.45, 7) is 1.47. The maximum atomic E-state index is 12.0. The fourth-order valence-corrected chi connectivity index (χ4v) is 2.70. The third-order valence-corrected chi connectivity index (χ3v) is 4.55. The van der Waals surface area contributed by atoms with Crippen LogP contribution in [0.1, 0.15) is 17.3 Å². The summed E-state index contributed by atoms with van der Waals surface area (Å²) in [6, 6.07) is 5.88. The van der Waals surface area contributed by atoms with Crippen LogP contribution >= 0.6 is 22.9 Å². The van der Waals surface area contributed by atoms with Crippen molar-refractivity contribution in [3.63, 3.8) is 0 Å². The van der Waals surface area contributed by atoms with Gasteiger partial charge in [-0.05, 0) is 25.1 Å². The molecule has 112 valence electrons. The van der Waals surface area contributed by atoms with Crippen LogP contribution in [0.5, 0.6) is 5.75 Å². The van der Waals surface area contributed by atoms with Gasteiger partial charge in [0, 0.05) is 5.56 Å². The molecule has 1 heterocycles. The molecule has 9 heteroatoms. The number of halogens is 1. The van der Waals surface area contributed by atoms with Crippen LogP contribution in [0, 0.1) is 0 Å². The van der Waals surface area contributed by atoms with E-state index in [2.05, 4.69) is 10.3 Å². The second-order valence-corrected chi connectivity index (χ2v) is 7.40.